The molecule has 27 heavy (non-hydrogen) atoms. The van der Waals surface area contributed by atoms with Gasteiger partial charge in [0.2, 0.25) is 10.0 Å². The predicted octanol–water partition coefficient (Wildman–Crippen LogP) is 3.00. The summed E-state index contributed by atoms with van der Waals surface area (Å²) in [6.07, 6.45) is 1.75. The lowest BCUT2D eigenvalue weighted by Gasteiger charge is -2.35. The summed E-state index contributed by atoms with van der Waals surface area (Å²) in [5.74, 6) is 0.326. The number of anilines is 1. The highest BCUT2D eigenvalue weighted by molar-refractivity contribution is 7.89. The normalized spacial score (nSPS) is 16.2. The summed E-state index contributed by atoms with van der Waals surface area (Å²) in [4.78, 5) is 6.73. The van der Waals surface area contributed by atoms with Crippen LogP contribution in [-0.4, -0.2) is 49.0 Å². The largest absolute Gasteiger partial charge is 0.368 e. The molecule has 3 heterocycles. The van der Waals surface area contributed by atoms with Crippen molar-refractivity contribution < 1.29 is 12.9 Å². The van der Waals surface area contributed by atoms with E-state index in [0.717, 1.165) is 16.6 Å². The highest BCUT2D eigenvalue weighted by atomic mass is 35.5. The van der Waals surface area contributed by atoms with Gasteiger partial charge in [0.05, 0.1) is 5.52 Å². The van der Waals surface area contributed by atoms with Gasteiger partial charge >= 0.3 is 0 Å². The lowest BCUT2D eigenvalue weighted by Crippen LogP contribution is -2.48. The van der Waals surface area contributed by atoms with E-state index < -0.39 is 10.0 Å². The minimum Gasteiger partial charge on any atom is -0.368 e. The fraction of sp³-hybridized carbons (Fsp3) is 0.333. The van der Waals surface area contributed by atoms with Crippen LogP contribution in [0.25, 0.3) is 10.9 Å². The first kappa shape index (κ1) is 18.2. The van der Waals surface area contributed by atoms with Crippen molar-refractivity contribution in [2.45, 2.75) is 18.7 Å². The Morgan fingerprint density at radius 1 is 1.11 bits per heavy atom. The average Bonchev–Trinajstić information content (AvgIpc) is 3.00. The van der Waals surface area contributed by atoms with E-state index in [1.165, 1.54) is 4.31 Å². The fourth-order valence-electron chi connectivity index (χ4n) is 3.52. The molecule has 9 heteroatoms. The molecule has 0 radical (unpaired) electrons. The third-order valence-electron chi connectivity index (χ3n) is 4.83. The second kappa shape index (κ2) is 6.78. The molecule has 0 unspecified atom stereocenters. The van der Waals surface area contributed by atoms with Crippen LogP contribution in [0.5, 0.6) is 0 Å². The van der Waals surface area contributed by atoms with Gasteiger partial charge in [-0.3, -0.25) is 4.98 Å². The number of benzene rings is 1. The predicted molar refractivity (Wildman–Crippen MR) is 104 cm³/mol. The highest BCUT2D eigenvalue weighted by Gasteiger charge is 2.33. The van der Waals surface area contributed by atoms with Gasteiger partial charge in [0.1, 0.15) is 10.6 Å². The van der Waals surface area contributed by atoms with E-state index in [9.17, 15) is 8.42 Å². The number of aryl methyl sites for hydroxylation is 2. The summed E-state index contributed by atoms with van der Waals surface area (Å²) in [6.45, 7) is 5.23. The van der Waals surface area contributed by atoms with Crippen LogP contribution in [0.3, 0.4) is 0 Å². The second-order valence-electron chi connectivity index (χ2n) is 6.54. The van der Waals surface area contributed by atoms with Gasteiger partial charge in [-0.1, -0.05) is 16.8 Å². The van der Waals surface area contributed by atoms with Gasteiger partial charge in [-0.15, -0.1) is 0 Å². The van der Waals surface area contributed by atoms with Crippen molar-refractivity contribution in [2.75, 3.05) is 31.1 Å². The zero-order chi connectivity index (χ0) is 19.2. The molecule has 0 spiro atoms. The second-order valence-corrected chi connectivity index (χ2v) is 8.85. The van der Waals surface area contributed by atoms with Crippen molar-refractivity contribution in [1.29, 1.82) is 0 Å². The van der Waals surface area contributed by atoms with E-state index in [-0.39, 0.29) is 4.90 Å². The number of nitrogens with zero attached hydrogens (tertiary/aromatic N) is 4. The smallest absolute Gasteiger partial charge is 0.248 e. The lowest BCUT2D eigenvalue weighted by atomic mass is 10.1. The van der Waals surface area contributed by atoms with E-state index in [0.29, 0.717) is 42.7 Å². The highest BCUT2D eigenvalue weighted by Crippen LogP contribution is 2.30. The van der Waals surface area contributed by atoms with E-state index in [1.807, 2.05) is 24.3 Å². The summed E-state index contributed by atoms with van der Waals surface area (Å²) in [5.41, 5.74) is 2.25. The number of sulfonamides is 1. The Morgan fingerprint density at radius 2 is 1.85 bits per heavy atom. The molecule has 0 aliphatic carbocycles. The topological polar surface area (TPSA) is 79.5 Å². The first-order chi connectivity index (χ1) is 12.9. The average molecular weight is 407 g/mol. The molecule has 3 aromatic rings. The molecular weight excluding hydrogens is 388 g/mol. The molecular formula is C18H19ClN4O3S. The summed E-state index contributed by atoms with van der Waals surface area (Å²) >= 11 is 6.06. The number of hydrogen-bond acceptors (Lipinski definition) is 6. The first-order valence-corrected chi connectivity index (χ1v) is 10.4. The van der Waals surface area contributed by atoms with Gasteiger partial charge in [0, 0.05) is 48.5 Å². The maximum Gasteiger partial charge on any atom is 0.248 e. The van der Waals surface area contributed by atoms with E-state index in [4.69, 9.17) is 16.1 Å². The summed E-state index contributed by atoms with van der Waals surface area (Å²) in [6, 6.07) is 7.58. The molecule has 0 amide bonds. The summed E-state index contributed by atoms with van der Waals surface area (Å²) < 4.78 is 32.5. The molecule has 7 nitrogen and oxygen atoms in total. The Hall–Kier alpha value is -2.16. The van der Waals surface area contributed by atoms with Gasteiger partial charge in [-0.2, -0.15) is 4.31 Å². The number of piperazine rings is 1. The molecule has 1 aromatic carbocycles. The third kappa shape index (κ3) is 3.18. The maximum absolute atomic E-state index is 13.0. The number of rotatable bonds is 3. The number of hydrogen-bond donors (Lipinski definition) is 0. The van der Waals surface area contributed by atoms with Crippen molar-refractivity contribution in [3.8, 4) is 0 Å². The fourth-order valence-corrected chi connectivity index (χ4v) is 5.40. The SMILES string of the molecule is Cc1noc(C)c1S(=O)(=O)N1CCN(c2ccnc3cc(Cl)ccc23)CC1. The number of fused-ring (bicyclic) bond motifs is 1. The zero-order valence-electron chi connectivity index (χ0n) is 15.0. The molecule has 142 valence electrons. The van der Waals surface area contributed by atoms with Crippen LogP contribution in [0.4, 0.5) is 5.69 Å². The van der Waals surface area contributed by atoms with Crippen molar-refractivity contribution in [3.63, 3.8) is 0 Å². The van der Waals surface area contributed by atoms with Crippen molar-refractivity contribution in [1.82, 2.24) is 14.4 Å². The van der Waals surface area contributed by atoms with Gasteiger partial charge in [0.25, 0.3) is 0 Å². The molecule has 1 saturated heterocycles. The summed E-state index contributed by atoms with van der Waals surface area (Å²) in [5, 5.41) is 5.42. The van der Waals surface area contributed by atoms with Gasteiger partial charge in [-0.25, -0.2) is 8.42 Å². The Morgan fingerprint density at radius 3 is 2.52 bits per heavy atom. The van der Waals surface area contributed by atoms with Crippen molar-refractivity contribution >= 4 is 38.2 Å². The number of halogens is 1. The first-order valence-electron chi connectivity index (χ1n) is 8.60. The molecule has 1 fully saturated rings. The molecule has 0 bridgehead atoms. The Bertz CT molecular complexity index is 1090. The Kier molecular flexibility index (Phi) is 4.57. The van der Waals surface area contributed by atoms with Crippen LogP contribution in [0.2, 0.25) is 5.02 Å². The van der Waals surface area contributed by atoms with Crippen LogP contribution in [-0.2, 0) is 10.0 Å². The van der Waals surface area contributed by atoms with E-state index in [2.05, 4.69) is 15.0 Å². The van der Waals surface area contributed by atoms with Crippen molar-refractivity contribution in [2.24, 2.45) is 0 Å². The maximum atomic E-state index is 13.0. The standard InChI is InChI=1S/C18H19ClN4O3S/c1-12-18(13(2)26-21-12)27(24,25)23-9-7-22(8-10-23)17-5-6-20-16-11-14(19)3-4-15(16)17/h3-6,11H,7-10H2,1-2H3. The minimum atomic E-state index is -3.61. The van der Waals surface area contributed by atoms with Crippen LogP contribution >= 0.6 is 11.6 Å². The molecule has 0 atom stereocenters. The van der Waals surface area contributed by atoms with E-state index in [1.54, 1.807) is 20.0 Å². The van der Waals surface area contributed by atoms with Gasteiger partial charge < -0.3 is 9.42 Å². The van der Waals surface area contributed by atoms with E-state index >= 15 is 0 Å². The number of aromatic nitrogens is 2. The Balaban J connectivity index is 1.58. The zero-order valence-corrected chi connectivity index (χ0v) is 16.6. The summed E-state index contributed by atoms with van der Waals surface area (Å²) in [7, 11) is -3.61. The third-order valence-corrected chi connectivity index (χ3v) is 7.21. The molecule has 4 rings (SSSR count). The van der Waals surface area contributed by atoms with Gasteiger partial charge in [-0.05, 0) is 38.1 Å². The molecule has 0 N–H and O–H groups in total. The lowest BCUT2D eigenvalue weighted by molar-refractivity contribution is 0.378. The van der Waals surface area contributed by atoms with Gasteiger partial charge in [0.15, 0.2) is 5.76 Å². The van der Waals surface area contributed by atoms with Crippen LogP contribution in [0.15, 0.2) is 39.9 Å². The molecule has 0 saturated carbocycles. The monoisotopic (exact) mass is 406 g/mol. The minimum absolute atomic E-state index is 0.181. The molecule has 1 aliphatic heterocycles. The quantitative estimate of drug-likeness (QED) is 0.665. The number of pyridine rings is 1. The Labute approximate surface area is 162 Å². The molecule has 2 aromatic heterocycles. The van der Waals surface area contributed by atoms with Crippen LogP contribution < -0.4 is 4.90 Å². The van der Waals surface area contributed by atoms with Crippen LogP contribution in [0.1, 0.15) is 11.5 Å². The van der Waals surface area contributed by atoms with Crippen molar-refractivity contribution in [3.05, 3.63) is 46.9 Å². The van der Waals surface area contributed by atoms with Crippen LogP contribution in [0, 0.1) is 13.8 Å². The molecule has 1 aliphatic rings.